The molecule has 0 radical (unpaired) electrons. The zero-order valence-corrected chi connectivity index (χ0v) is 19.8. The molecule has 0 aliphatic carbocycles. The van der Waals surface area contributed by atoms with Crippen molar-refractivity contribution in [1.29, 1.82) is 0 Å². The van der Waals surface area contributed by atoms with Gasteiger partial charge < -0.3 is 9.80 Å². The van der Waals surface area contributed by atoms with E-state index in [0.717, 1.165) is 22.5 Å². The fourth-order valence-corrected chi connectivity index (χ4v) is 5.33. The molecule has 0 bridgehead atoms. The van der Waals surface area contributed by atoms with Gasteiger partial charge in [0.2, 0.25) is 0 Å². The third kappa shape index (κ3) is 4.46. The van der Waals surface area contributed by atoms with Gasteiger partial charge in [-0.1, -0.05) is 36.4 Å². The van der Waals surface area contributed by atoms with E-state index in [4.69, 9.17) is 5.10 Å². The van der Waals surface area contributed by atoms with Gasteiger partial charge in [-0.15, -0.1) is 22.7 Å². The lowest BCUT2D eigenvalue weighted by Crippen LogP contribution is -2.37. The average Bonchev–Trinajstić information content (AvgIpc) is 3.61. The number of hydrogen-bond acceptors (Lipinski definition) is 6. The van der Waals surface area contributed by atoms with Gasteiger partial charge in [0.1, 0.15) is 0 Å². The SMILES string of the molecule is CN(Cc1cscn1)C(=O)c1nn(Cc2ccccc2)c2c1CN(C(=O)c1cccs1)CC2. The van der Waals surface area contributed by atoms with Crippen LogP contribution in [0.15, 0.2) is 58.7 Å². The Morgan fingerprint density at radius 1 is 1.15 bits per heavy atom. The first kappa shape index (κ1) is 21.5. The number of nitrogens with zero attached hydrogens (tertiary/aromatic N) is 5. The van der Waals surface area contributed by atoms with E-state index in [2.05, 4.69) is 17.1 Å². The van der Waals surface area contributed by atoms with Crippen molar-refractivity contribution < 1.29 is 9.59 Å². The van der Waals surface area contributed by atoms with Crippen LogP contribution >= 0.6 is 22.7 Å². The van der Waals surface area contributed by atoms with Crippen LogP contribution in [0.2, 0.25) is 0 Å². The van der Waals surface area contributed by atoms with E-state index >= 15 is 0 Å². The second kappa shape index (κ2) is 9.29. The molecule has 2 amide bonds. The molecule has 3 aromatic heterocycles. The molecule has 1 aliphatic rings. The Labute approximate surface area is 199 Å². The maximum absolute atomic E-state index is 13.4. The number of amides is 2. The zero-order valence-electron chi connectivity index (χ0n) is 18.2. The van der Waals surface area contributed by atoms with Crippen LogP contribution in [0.25, 0.3) is 0 Å². The summed E-state index contributed by atoms with van der Waals surface area (Å²) >= 11 is 2.94. The highest BCUT2D eigenvalue weighted by atomic mass is 32.1. The van der Waals surface area contributed by atoms with Crippen LogP contribution in [0.1, 0.15) is 42.7 Å². The van der Waals surface area contributed by atoms with Crippen LogP contribution in [0.3, 0.4) is 0 Å². The summed E-state index contributed by atoms with van der Waals surface area (Å²) in [5.41, 5.74) is 6.02. The summed E-state index contributed by atoms with van der Waals surface area (Å²) in [6.07, 6.45) is 0.662. The maximum atomic E-state index is 13.4. The summed E-state index contributed by atoms with van der Waals surface area (Å²) in [5, 5.41) is 8.61. The number of hydrogen-bond donors (Lipinski definition) is 0. The molecule has 0 unspecified atom stereocenters. The first-order valence-corrected chi connectivity index (χ1v) is 12.5. The normalized spacial score (nSPS) is 13.1. The van der Waals surface area contributed by atoms with E-state index in [0.29, 0.717) is 43.2 Å². The highest BCUT2D eigenvalue weighted by Crippen LogP contribution is 2.27. The second-order valence-electron chi connectivity index (χ2n) is 8.01. The van der Waals surface area contributed by atoms with Crippen LogP contribution in [-0.2, 0) is 26.1 Å². The molecule has 1 aliphatic heterocycles. The van der Waals surface area contributed by atoms with E-state index in [1.807, 2.05) is 50.7 Å². The number of fused-ring (bicyclic) bond motifs is 1. The number of carbonyl (C=O) groups is 2. The Balaban J connectivity index is 1.47. The summed E-state index contributed by atoms with van der Waals surface area (Å²) in [4.78, 5) is 34.9. The maximum Gasteiger partial charge on any atom is 0.274 e. The number of carbonyl (C=O) groups excluding carboxylic acids is 2. The summed E-state index contributed by atoms with van der Waals surface area (Å²) in [7, 11) is 1.77. The molecular weight excluding hydrogens is 454 g/mol. The van der Waals surface area contributed by atoms with E-state index in [1.165, 1.54) is 22.7 Å². The molecule has 0 saturated carbocycles. The monoisotopic (exact) mass is 477 g/mol. The molecule has 0 N–H and O–H groups in total. The first-order valence-electron chi connectivity index (χ1n) is 10.7. The average molecular weight is 478 g/mol. The van der Waals surface area contributed by atoms with Gasteiger partial charge in [0.05, 0.1) is 35.7 Å². The van der Waals surface area contributed by atoms with Crippen LogP contribution in [0.5, 0.6) is 0 Å². The molecule has 0 fully saturated rings. The molecule has 0 saturated heterocycles. The number of rotatable bonds is 6. The fourth-order valence-electron chi connectivity index (χ4n) is 4.09. The van der Waals surface area contributed by atoms with Crippen molar-refractivity contribution >= 4 is 34.5 Å². The molecule has 9 heteroatoms. The van der Waals surface area contributed by atoms with E-state index in [9.17, 15) is 9.59 Å². The molecule has 5 rings (SSSR count). The van der Waals surface area contributed by atoms with Gasteiger partial charge in [-0.2, -0.15) is 5.10 Å². The van der Waals surface area contributed by atoms with Gasteiger partial charge in [-0.3, -0.25) is 14.3 Å². The Bertz CT molecular complexity index is 1250. The second-order valence-corrected chi connectivity index (χ2v) is 9.68. The van der Waals surface area contributed by atoms with Gasteiger partial charge in [0.15, 0.2) is 5.69 Å². The van der Waals surface area contributed by atoms with Crippen LogP contribution in [0.4, 0.5) is 0 Å². The predicted molar refractivity (Wildman–Crippen MR) is 128 cm³/mol. The topological polar surface area (TPSA) is 71.3 Å². The Morgan fingerprint density at radius 3 is 2.73 bits per heavy atom. The largest absolute Gasteiger partial charge is 0.334 e. The molecule has 33 heavy (non-hydrogen) atoms. The molecular formula is C24H23N5O2S2. The summed E-state index contributed by atoms with van der Waals surface area (Å²) in [5.74, 6) is -0.155. The van der Waals surface area contributed by atoms with Gasteiger partial charge in [-0.25, -0.2) is 4.98 Å². The number of benzene rings is 1. The minimum atomic E-state index is -0.156. The van der Waals surface area contributed by atoms with Crippen LogP contribution in [-0.4, -0.2) is 50.0 Å². The molecule has 168 valence electrons. The number of thiophene rings is 1. The highest BCUT2D eigenvalue weighted by molar-refractivity contribution is 7.12. The minimum absolute atomic E-state index is 0.000635. The van der Waals surface area contributed by atoms with E-state index in [1.54, 1.807) is 17.5 Å². The zero-order chi connectivity index (χ0) is 22.8. The number of thiazole rings is 1. The quantitative estimate of drug-likeness (QED) is 0.422. The molecule has 4 heterocycles. The van der Waals surface area contributed by atoms with Crippen molar-refractivity contribution in [2.75, 3.05) is 13.6 Å². The summed E-state index contributed by atoms with van der Waals surface area (Å²) < 4.78 is 1.93. The molecule has 0 spiro atoms. The van der Waals surface area contributed by atoms with Crippen molar-refractivity contribution in [1.82, 2.24) is 24.6 Å². The van der Waals surface area contributed by atoms with Crippen LogP contribution in [0, 0.1) is 0 Å². The Morgan fingerprint density at radius 2 is 2.00 bits per heavy atom. The minimum Gasteiger partial charge on any atom is -0.334 e. The highest BCUT2D eigenvalue weighted by Gasteiger charge is 2.32. The predicted octanol–water partition coefficient (Wildman–Crippen LogP) is 3.92. The van der Waals surface area contributed by atoms with Gasteiger partial charge in [0, 0.05) is 36.7 Å². The lowest BCUT2D eigenvalue weighted by atomic mass is 10.0. The van der Waals surface area contributed by atoms with E-state index in [-0.39, 0.29) is 11.8 Å². The van der Waals surface area contributed by atoms with E-state index < -0.39 is 0 Å². The van der Waals surface area contributed by atoms with Crippen molar-refractivity contribution in [3.8, 4) is 0 Å². The third-order valence-corrected chi connectivity index (χ3v) is 7.25. The Kier molecular flexibility index (Phi) is 6.06. The van der Waals surface area contributed by atoms with Gasteiger partial charge >= 0.3 is 0 Å². The number of aromatic nitrogens is 3. The summed E-state index contributed by atoms with van der Waals surface area (Å²) in [6.45, 7) is 1.99. The van der Waals surface area contributed by atoms with Gasteiger partial charge in [0.25, 0.3) is 11.8 Å². The lowest BCUT2D eigenvalue weighted by molar-refractivity contribution is 0.0725. The lowest BCUT2D eigenvalue weighted by Gasteiger charge is -2.28. The van der Waals surface area contributed by atoms with Crippen molar-refractivity contribution in [2.45, 2.75) is 26.1 Å². The van der Waals surface area contributed by atoms with Crippen molar-refractivity contribution in [3.63, 3.8) is 0 Å². The van der Waals surface area contributed by atoms with Crippen molar-refractivity contribution in [3.05, 3.63) is 91.8 Å². The Hall–Kier alpha value is -3.30. The molecule has 4 aromatic rings. The first-order chi connectivity index (χ1) is 16.1. The smallest absolute Gasteiger partial charge is 0.274 e. The molecule has 1 aromatic carbocycles. The van der Waals surface area contributed by atoms with Crippen LogP contribution < -0.4 is 0 Å². The summed E-state index contributed by atoms with van der Waals surface area (Å²) in [6, 6.07) is 13.8. The standard InChI is InChI=1S/C24H23N5O2S2/c1-27(13-18-15-32-16-25-18)24(31)22-19-14-28(23(30)21-8-5-11-33-21)10-9-20(19)29(26-22)12-17-6-3-2-4-7-17/h2-8,11,15-16H,9-10,12-14H2,1H3. The molecule has 0 atom stereocenters. The van der Waals surface area contributed by atoms with Gasteiger partial charge in [-0.05, 0) is 17.0 Å². The van der Waals surface area contributed by atoms with Crippen molar-refractivity contribution in [2.24, 2.45) is 0 Å². The molecule has 7 nitrogen and oxygen atoms in total. The fraction of sp³-hybridized carbons (Fsp3) is 0.250. The third-order valence-electron chi connectivity index (χ3n) is 5.76.